The lowest BCUT2D eigenvalue weighted by Crippen LogP contribution is -2.39. The van der Waals surface area contributed by atoms with Gasteiger partial charge in [-0.2, -0.15) is 0 Å². The number of alkyl halides is 1. The summed E-state index contributed by atoms with van der Waals surface area (Å²) in [7, 11) is 0. The summed E-state index contributed by atoms with van der Waals surface area (Å²) in [5.74, 6) is -0.558. The molecule has 0 saturated carbocycles. The molecular weight excluding hydrogens is 320 g/mol. The Bertz CT molecular complexity index is 557. The SMILES string of the molecule is CC1(C)O[C@H]2O[C@@H](COC(=O)c3ccc(CCl)cc3)CC[C@H]2O1. The first kappa shape index (κ1) is 16.7. The lowest BCUT2D eigenvalue weighted by Gasteiger charge is -2.29. The monoisotopic (exact) mass is 340 g/mol. The number of halogens is 1. The second kappa shape index (κ2) is 6.77. The average molecular weight is 341 g/mol. The third kappa shape index (κ3) is 4.04. The molecule has 2 saturated heterocycles. The van der Waals surface area contributed by atoms with Gasteiger partial charge in [-0.15, -0.1) is 11.6 Å². The standard InChI is InChI=1S/C17H21ClO5/c1-17(2)22-14-8-7-13(21-16(14)23-17)10-20-15(19)12-5-3-11(9-18)4-6-12/h3-6,13-14,16H,7-10H2,1-2H3/t13-,14-,16-/m1/s1. The fraction of sp³-hybridized carbons (Fsp3) is 0.588. The van der Waals surface area contributed by atoms with E-state index in [0.717, 1.165) is 18.4 Å². The van der Waals surface area contributed by atoms with E-state index in [1.54, 1.807) is 12.1 Å². The molecule has 0 aliphatic carbocycles. The van der Waals surface area contributed by atoms with Gasteiger partial charge in [0.25, 0.3) is 0 Å². The molecule has 6 heteroatoms. The summed E-state index contributed by atoms with van der Waals surface area (Å²) < 4.78 is 22.6. The largest absolute Gasteiger partial charge is 0.459 e. The third-order valence-electron chi connectivity index (χ3n) is 3.98. The second-order valence-electron chi connectivity index (χ2n) is 6.31. The van der Waals surface area contributed by atoms with Crippen molar-refractivity contribution >= 4 is 17.6 Å². The Hall–Kier alpha value is -1.14. The summed E-state index contributed by atoms with van der Waals surface area (Å²) in [4.78, 5) is 12.1. The highest BCUT2D eigenvalue weighted by Gasteiger charge is 2.45. The average Bonchev–Trinajstić information content (AvgIpc) is 2.85. The van der Waals surface area contributed by atoms with Crippen LogP contribution in [0.2, 0.25) is 0 Å². The van der Waals surface area contributed by atoms with E-state index in [-0.39, 0.29) is 31.1 Å². The van der Waals surface area contributed by atoms with Crippen molar-refractivity contribution in [3.8, 4) is 0 Å². The van der Waals surface area contributed by atoms with E-state index in [0.29, 0.717) is 11.4 Å². The molecule has 0 radical (unpaired) electrons. The van der Waals surface area contributed by atoms with Gasteiger partial charge in [0.05, 0.1) is 11.7 Å². The fourth-order valence-corrected chi connectivity index (χ4v) is 3.00. The van der Waals surface area contributed by atoms with Crippen LogP contribution in [0.5, 0.6) is 0 Å². The topological polar surface area (TPSA) is 54.0 Å². The van der Waals surface area contributed by atoms with Crippen LogP contribution >= 0.6 is 11.6 Å². The van der Waals surface area contributed by atoms with Gasteiger partial charge >= 0.3 is 5.97 Å². The van der Waals surface area contributed by atoms with Crippen molar-refractivity contribution in [1.82, 2.24) is 0 Å². The van der Waals surface area contributed by atoms with Gasteiger partial charge in [-0.3, -0.25) is 0 Å². The first-order chi connectivity index (χ1) is 11.0. The van der Waals surface area contributed by atoms with Crippen LogP contribution in [-0.4, -0.2) is 36.9 Å². The highest BCUT2D eigenvalue weighted by molar-refractivity contribution is 6.17. The molecule has 0 N–H and O–H groups in total. The van der Waals surface area contributed by atoms with E-state index in [2.05, 4.69) is 0 Å². The van der Waals surface area contributed by atoms with Crippen LogP contribution < -0.4 is 0 Å². The predicted octanol–water partition coefficient (Wildman–Crippen LogP) is 3.24. The Kier molecular flexibility index (Phi) is 4.92. The molecule has 2 fully saturated rings. The number of rotatable bonds is 4. The lowest BCUT2D eigenvalue weighted by molar-refractivity contribution is -0.214. The summed E-state index contributed by atoms with van der Waals surface area (Å²) in [6.45, 7) is 3.95. The van der Waals surface area contributed by atoms with Crippen LogP contribution in [0, 0.1) is 0 Å². The molecule has 0 amide bonds. The summed E-state index contributed by atoms with van der Waals surface area (Å²) in [6, 6.07) is 7.07. The summed E-state index contributed by atoms with van der Waals surface area (Å²) in [6.07, 6.45) is 1.02. The van der Waals surface area contributed by atoms with Crippen molar-refractivity contribution in [1.29, 1.82) is 0 Å². The highest BCUT2D eigenvalue weighted by Crippen LogP contribution is 2.35. The molecule has 0 unspecified atom stereocenters. The number of esters is 1. The molecule has 1 aromatic carbocycles. The molecule has 1 aromatic rings. The van der Waals surface area contributed by atoms with Crippen LogP contribution in [0.3, 0.4) is 0 Å². The molecule has 0 bridgehead atoms. The van der Waals surface area contributed by atoms with Gasteiger partial charge < -0.3 is 18.9 Å². The molecular formula is C17H21ClO5. The Balaban J connectivity index is 1.49. The molecule has 126 valence electrons. The molecule has 2 heterocycles. The molecule has 3 rings (SSSR count). The number of fused-ring (bicyclic) bond motifs is 1. The summed E-state index contributed by atoms with van der Waals surface area (Å²) in [5.41, 5.74) is 1.47. The van der Waals surface area contributed by atoms with Gasteiger partial charge in [0, 0.05) is 5.88 Å². The van der Waals surface area contributed by atoms with Crippen LogP contribution in [0.1, 0.15) is 42.6 Å². The summed E-state index contributed by atoms with van der Waals surface area (Å²) in [5, 5.41) is 0. The maximum atomic E-state index is 12.1. The van der Waals surface area contributed by atoms with E-state index in [1.807, 2.05) is 26.0 Å². The molecule has 5 nitrogen and oxygen atoms in total. The van der Waals surface area contributed by atoms with Gasteiger partial charge in [0.15, 0.2) is 12.1 Å². The number of hydrogen-bond acceptors (Lipinski definition) is 5. The molecule has 0 aromatic heterocycles. The molecule has 0 spiro atoms. The fourth-order valence-electron chi connectivity index (χ4n) is 2.83. The smallest absolute Gasteiger partial charge is 0.338 e. The third-order valence-corrected chi connectivity index (χ3v) is 4.29. The summed E-state index contributed by atoms with van der Waals surface area (Å²) >= 11 is 5.73. The minimum Gasteiger partial charge on any atom is -0.459 e. The Morgan fingerprint density at radius 2 is 2.00 bits per heavy atom. The van der Waals surface area contributed by atoms with Gasteiger partial charge in [-0.25, -0.2) is 4.79 Å². The zero-order valence-corrected chi connectivity index (χ0v) is 14.0. The van der Waals surface area contributed by atoms with E-state index < -0.39 is 5.79 Å². The quantitative estimate of drug-likeness (QED) is 0.622. The van der Waals surface area contributed by atoms with Crippen LogP contribution in [0.4, 0.5) is 0 Å². The van der Waals surface area contributed by atoms with Gasteiger partial charge in [-0.05, 0) is 44.4 Å². The van der Waals surface area contributed by atoms with E-state index >= 15 is 0 Å². The van der Waals surface area contributed by atoms with E-state index in [4.69, 9.17) is 30.5 Å². The molecule has 2 aliphatic heterocycles. The van der Waals surface area contributed by atoms with Gasteiger partial charge in [0.1, 0.15) is 12.7 Å². The maximum absolute atomic E-state index is 12.1. The minimum atomic E-state index is -0.620. The van der Waals surface area contributed by atoms with Gasteiger partial charge in [0.2, 0.25) is 0 Å². The van der Waals surface area contributed by atoms with Crippen molar-refractivity contribution in [3.63, 3.8) is 0 Å². The number of benzene rings is 1. The molecule has 3 atom stereocenters. The Morgan fingerprint density at radius 1 is 1.26 bits per heavy atom. The van der Waals surface area contributed by atoms with E-state index in [1.165, 1.54) is 0 Å². The second-order valence-corrected chi connectivity index (χ2v) is 6.57. The van der Waals surface area contributed by atoms with Crippen LogP contribution in [0.15, 0.2) is 24.3 Å². The Morgan fingerprint density at radius 3 is 2.70 bits per heavy atom. The predicted molar refractivity (Wildman–Crippen MR) is 84.2 cm³/mol. The van der Waals surface area contributed by atoms with Crippen molar-refractivity contribution in [2.45, 2.75) is 56.9 Å². The van der Waals surface area contributed by atoms with Gasteiger partial charge in [-0.1, -0.05) is 12.1 Å². The highest BCUT2D eigenvalue weighted by atomic mass is 35.5. The zero-order valence-electron chi connectivity index (χ0n) is 13.3. The van der Waals surface area contributed by atoms with Crippen molar-refractivity contribution in [2.75, 3.05) is 6.61 Å². The Labute approximate surface area is 140 Å². The van der Waals surface area contributed by atoms with E-state index in [9.17, 15) is 4.79 Å². The van der Waals surface area contributed by atoms with Crippen molar-refractivity contribution in [2.24, 2.45) is 0 Å². The normalized spacial score (nSPS) is 29.1. The van der Waals surface area contributed by atoms with Crippen LogP contribution in [-0.2, 0) is 24.8 Å². The minimum absolute atomic E-state index is 0.0416. The number of ether oxygens (including phenoxy) is 4. The number of hydrogen-bond donors (Lipinski definition) is 0. The number of carbonyl (C=O) groups is 1. The van der Waals surface area contributed by atoms with Crippen molar-refractivity contribution < 1.29 is 23.7 Å². The van der Waals surface area contributed by atoms with Crippen LogP contribution in [0.25, 0.3) is 0 Å². The zero-order chi connectivity index (χ0) is 16.4. The number of carbonyl (C=O) groups excluding carboxylic acids is 1. The first-order valence-corrected chi connectivity index (χ1v) is 8.33. The lowest BCUT2D eigenvalue weighted by atomic mass is 10.1. The maximum Gasteiger partial charge on any atom is 0.338 e. The van der Waals surface area contributed by atoms with Crippen molar-refractivity contribution in [3.05, 3.63) is 35.4 Å². The molecule has 23 heavy (non-hydrogen) atoms. The molecule has 2 aliphatic rings. The first-order valence-electron chi connectivity index (χ1n) is 7.80.